The summed E-state index contributed by atoms with van der Waals surface area (Å²) >= 11 is 5.90. The van der Waals surface area contributed by atoms with Gasteiger partial charge in [-0.15, -0.1) is 0 Å². The van der Waals surface area contributed by atoms with Crippen LogP contribution in [0.15, 0.2) is 53.6 Å². The van der Waals surface area contributed by atoms with Crippen LogP contribution in [0, 0.1) is 5.82 Å². The number of carbonyl (C=O) groups excluding carboxylic acids is 2. The van der Waals surface area contributed by atoms with E-state index in [0.29, 0.717) is 17.1 Å². The zero-order valence-corrected chi connectivity index (χ0v) is 14.9. The topological polar surface area (TPSA) is 53.0 Å². The SMILES string of the molecule is CN(C(=O)CN1N=C(c2ccc(Cl)cc2)CCC1=O)c1ccc(F)cc1. The van der Waals surface area contributed by atoms with Crippen LogP contribution in [0.3, 0.4) is 0 Å². The van der Waals surface area contributed by atoms with Gasteiger partial charge in [0.15, 0.2) is 0 Å². The van der Waals surface area contributed by atoms with Crippen molar-refractivity contribution >= 4 is 34.8 Å². The molecule has 26 heavy (non-hydrogen) atoms. The first-order valence-corrected chi connectivity index (χ1v) is 8.48. The Kier molecular flexibility index (Phi) is 5.32. The second kappa shape index (κ2) is 7.66. The highest BCUT2D eigenvalue weighted by Gasteiger charge is 2.25. The summed E-state index contributed by atoms with van der Waals surface area (Å²) in [5.41, 5.74) is 2.15. The maximum Gasteiger partial charge on any atom is 0.248 e. The zero-order valence-electron chi connectivity index (χ0n) is 14.2. The van der Waals surface area contributed by atoms with E-state index >= 15 is 0 Å². The van der Waals surface area contributed by atoms with E-state index in [1.54, 1.807) is 19.2 Å². The van der Waals surface area contributed by atoms with Crippen LogP contribution < -0.4 is 4.90 Å². The lowest BCUT2D eigenvalue weighted by Gasteiger charge is -2.25. The van der Waals surface area contributed by atoms with Gasteiger partial charge in [0.25, 0.3) is 0 Å². The second-order valence-electron chi connectivity index (χ2n) is 5.93. The molecule has 0 unspecified atom stereocenters. The average Bonchev–Trinajstić information content (AvgIpc) is 2.64. The van der Waals surface area contributed by atoms with Crippen LogP contribution >= 0.6 is 11.6 Å². The molecular weight excluding hydrogens is 357 g/mol. The fourth-order valence-electron chi connectivity index (χ4n) is 2.62. The average molecular weight is 374 g/mol. The van der Waals surface area contributed by atoms with Crippen LogP contribution in [0.2, 0.25) is 5.02 Å². The van der Waals surface area contributed by atoms with E-state index < -0.39 is 0 Å². The van der Waals surface area contributed by atoms with Crippen LogP contribution in [-0.2, 0) is 9.59 Å². The quantitative estimate of drug-likeness (QED) is 0.824. The van der Waals surface area contributed by atoms with Gasteiger partial charge >= 0.3 is 0 Å². The molecule has 1 aliphatic heterocycles. The van der Waals surface area contributed by atoms with Gasteiger partial charge in [-0.2, -0.15) is 5.10 Å². The standard InChI is InChI=1S/C19H17ClFN3O2/c1-23(16-8-6-15(21)7-9-16)19(26)12-24-18(25)11-10-17(22-24)13-2-4-14(20)5-3-13/h2-9H,10-12H2,1H3. The van der Waals surface area contributed by atoms with Crippen LogP contribution in [-0.4, -0.2) is 36.1 Å². The summed E-state index contributed by atoms with van der Waals surface area (Å²) in [5.74, 6) is -0.896. The van der Waals surface area contributed by atoms with Crippen LogP contribution in [0.25, 0.3) is 0 Å². The van der Waals surface area contributed by atoms with Gasteiger partial charge in [0.05, 0.1) is 5.71 Å². The Labute approximate surface area is 155 Å². The summed E-state index contributed by atoms with van der Waals surface area (Å²) in [7, 11) is 1.58. The monoisotopic (exact) mass is 373 g/mol. The van der Waals surface area contributed by atoms with Crippen molar-refractivity contribution in [2.45, 2.75) is 12.8 Å². The van der Waals surface area contributed by atoms with E-state index in [-0.39, 0.29) is 30.6 Å². The molecule has 1 aliphatic rings. The third-order valence-electron chi connectivity index (χ3n) is 4.16. The number of benzene rings is 2. The zero-order chi connectivity index (χ0) is 18.7. The summed E-state index contributed by atoms with van der Waals surface area (Å²) in [4.78, 5) is 26.0. The smallest absolute Gasteiger partial charge is 0.248 e. The molecule has 2 amide bonds. The van der Waals surface area contributed by atoms with E-state index in [4.69, 9.17) is 11.6 Å². The van der Waals surface area contributed by atoms with Gasteiger partial charge in [-0.3, -0.25) is 9.59 Å². The maximum absolute atomic E-state index is 13.0. The van der Waals surface area contributed by atoms with Gasteiger partial charge in [-0.1, -0.05) is 23.7 Å². The minimum absolute atomic E-state index is 0.177. The molecule has 1 heterocycles. The third-order valence-corrected chi connectivity index (χ3v) is 4.41. The van der Waals surface area contributed by atoms with E-state index in [9.17, 15) is 14.0 Å². The number of hydrazone groups is 1. The van der Waals surface area contributed by atoms with Gasteiger partial charge in [-0.25, -0.2) is 9.40 Å². The molecule has 0 fully saturated rings. The molecule has 0 spiro atoms. The van der Waals surface area contributed by atoms with E-state index in [2.05, 4.69) is 5.10 Å². The number of hydrogen-bond acceptors (Lipinski definition) is 3. The van der Waals surface area contributed by atoms with E-state index in [0.717, 1.165) is 11.3 Å². The van der Waals surface area contributed by atoms with Crippen LogP contribution in [0.4, 0.5) is 10.1 Å². The first-order chi connectivity index (χ1) is 12.4. The molecule has 5 nitrogen and oxygen atoms in total. The molecule has 134 valence electrons. The summed E-state index contributed by atoms with van der Waals surface area (Å²) in [6.07, 6.45) is 0.800. The molecule has 0 N–H and O–H groups in total. The molecule has 0 radical (unpaired) electrons. The van der Waals surface area contributed by atoms with Gasteiger partial charge < -0.3 is 4.90 Å². The Morgan fingerprint density at radius 3 is 2.46 bits per heavy atom. The molecule has 2 aromatic rings. The Morgan fingerprint density at radius 1 is 1.15 bits per heavy atom. The van der Waals surface area contributed by atoms with Crippen molar-refractivity contribution in [2.75, 3.05) is 18.5 Å². The van der Waals surface area contributed by atoms with E-state index in [1.807, 2.05) is 12.1 Å². The molecule has 0 aliphatic carbocycles. The van der Waals surface area contributed by atoms with Crippen molar-refractivity contribution in [2.24, 2.45) is 5.10 Å². The molecule has 0 atom stereocenters. The Morgan fingerprint density at radius 2 is 1.81 bits per heavy atom. The summed E-state index contributed by atoms with van der Waals surface area (Å²) in [6, 6.07) is 12.8. The fourth-order valence-corrected chi connectivity index (χ4v) is 2.74. The molecule has 0 saturated heterocycles. The third kappa shape index (κ3) is 4.08. The number of rotatable bonds is 4. The molecule has 0 bridgehead atoms. The number of anilines is 1. The number of carbonyl (C=O) groups is 2. The Hall–Kier alpha value is -2.73. The summed E-state index contributed by atoms with van der Waals surface area (Å²) in [5, 5.41) is 6.15. The van der Waals surface area contributed by atoms with Gasteiger partial charge in [-0.05, 0) is 42.0 Å². The maximum atomic E-state index is 13.0. The van der Waals surface area contributed by atoms with Crippen LogP contribution in [0.1, 0.15) is 18.4 Å². The predicted octanol–water partition coefficient (Wildman–Crippen LogP) is 3.47. The first kappa shape index (κ1) is 18.1. The van der Waals surface area contributed by atoms with Gasteiger partial charge in [0.2, 0.25) is 11.8 Å². The highest BCUT2D eigenvalue weighted by Crippen LogP contribution is 2.18. The molecule has 2 aromatic carbocycles. The normalized spacial score (nSPS) is 14.2. The van der Waals surface area contributed by atoms with Crippen molar-refractivity contribution in [1.29, 1.82) is 0 Å². The number of hydrogen-bond donors (Lipinski definition) is 0. The number of nitrogens with zero attached hydrogens (tertiary/aromatic N) is 3. The molecule has 7 heteroatoms. The molecule has 0 saturated carbocycles. The number of likely N-dealkylation sites (N-methyl/N-ethyl adjacent to an activating group) is 1. The van der Waals surface area contributed by atoms with Crippen molar-refractivity contribution in [3.8, 4) is 0 Å². The lowest BCUT2D eigenvalue weighted by Crippen LogP contribution is -2.41. The van der Waals surface area contributed by atoms with Gasteiger partial charge in [0.1, 0.15) is 12.4 Å². The highest BCUT2D eigenvalue weighted by molar-refractivity contribution is 6.30. The van der Waals surface area contributed by atoms with Crippen molar-refractivity contribution < 1.29 is 14.0 Å². The Balaban J connectivity index is 1.75. The lowest BCUT2D eigenvalue weighted by atomic mass is 10.0. The summed E-state index contributed by atoms with van der Waals surface area (Å²) in [6.45, 7) is -0.177. The van der Waals surface area contributed by atoms with Gasteiger partial charge in [0, 0.05) is 30.6 Å². The highest BCUT2D eigenvalue weighted by atomic mass is 35.5. The lowest BCUT2D eigenvalue weighted by molar-refractivity contribution is -0.135. The van der Waals surface area contributed by atoms with Crippen molar-refractivity contribution in [3.05, 3.63) is 64.9 Å². The number of amides is 2. The first-order valence-electron chi connectivity index (χ1n) is 8.10. The molecule has 3 rings (SSSR count). The largest absolute Gasteiger partial charge is 0.314 e. The second-order valence-corrected chi connectivity index (χ2v) is 6.37. The minimum atomic E-state index is -0.377. The molecule has 0 aromatic heterocycles. The molecular formula is C19H17ClFN3O2. The summed E-state index contributed by atoms with van der Waals surface area (Å²) < 4.78 is 13.0. The predicted molar refractivity (Wildman–Crippen MR) is 98.7 cm³/mol. The Bertz CT molecular complexity index is 850. The van der Waals surface area contributed by atoms with Crippen molar-refractivity contribution in [1.82, 2.24) is 5.01 Å². The van der Waals surface area contributed by atoms with Crippen molar-refractivity contribution in [3.63, 3.8) is 0 Å². The van der Waals surface area contributed by atoms with E-state index in [1.165, 1.54) is 34.2 Å². The minimum Gasteiger partial charge on any atom is -0.314 e. The van der Waals surface area contributed by atoms with Crippen LogP contribution in [0.5, 0.6) is 0 Å². The fraction of sp³-hybridized carbons (Fsp3) is 0.211. The number of halogens is 2.